The van der Waals surface area contributed by atoms with Gasteiger partial charge >= 0.3 is 5.69 Å². The van der Waals surface area contributed by atoms with Crippen molar-refractivity contribution in [2.75, 3.05) is 11.9 Å². The molecule has 1 fully saturated rings. The number of ether oxygens (including phenoxy) is 1. The molecule has 0 spiro atoms. The molecular weight excluding hydrogens is 382 g/mol. The van der Waals surface area contributed by atoms with E-state index in [1.54, 1.807) is 24.3 Å². The molecule has 2 aromatic heterocycles. The fourth-order valence-corrected chi connectivity index (χ4v) is 2.95. The van der Waals surface area contributed by atoms with Crippen LogP contribution >= 0.6 is 0 Å². The third-order valence-corrected chi connectivity index (χ3v) is 4.39. The standard InChI is InChI=1S/C17H17N7O5/c25-14(12-15(26)19-17(28)20-16(12)27)18-10-6-4-9(5-7-10)13-21-23-24(22-13)11-3-1-2-8-29-11/h4-7,11H,1-3,8H2,(H,18,25)(H3,19,20,26,27,28). The number of nitrogens with zero attached hydrogens (tertiary/aromatic N) is 4. The number of carbonyl (C=O) groups excluding carboxylic acids is 1. The Bertz CT molecular complexity index is 1140. The minimum Gasteiger partial charge on any atom is -0.494 e. The van der Waals surface area contributed by atoms with E-state index in [9.17, 15) is 19.5 Å². The quantitative estimate of drug-likeness (QED) is 0.488. The largest absolute Gasteiger partial charge is 0.494 e. The minimum absolute atomic E-state index is 0.216. The SMILES string of the molecule is O=C(Nc1ccc(-c2nnn(C3CCCCO3)n2)cc1)c1c(O)[nH]c(=O)[nH]c1=O. The lowest BCUT2D eigenvalue weighted by molar-refractivity contribution is -0.0488. The van der Waals surface area contributed by atoms with Gasteiger partial charge in [-0.25, -0.2) is 4.79 Å². The van der Waals surface area contributed by atoms with Crippen molar-refractivity contribution in [2.24, 2.45) is 0 Å². The number of nitrogens with one attached hydrogen (secondary N) is 3. The lowest BCUT2D eigenvalue weighted by Gasteiger charge is -2.20. The Morgan fingerprint density at radius 1 is 1.21 bits per heavy atom. The summed E-state index contributed by atoms with van der Waals surface area (Å²) in [4.78, 5) is 40.3. The summed E-state index contributed by atoms with van der Waals surface area (Å²) in [7, 11) is 0. The lowest BCUT2D eigenvalue weighted by Crippen LogP contribution is -2.30. The first kappa shape index (κ1) is 18.6. The molecule has 1 aromatic carbocycles. The lowest BCUT2D eigenvalue weighted by atomic mass is 10.2. The molecule has 0 radical (unpaired) electrons. The summed E-state index contributed by atoms with van der Waals surface area (Å²) in [5.41, 5.74) is -1.45. The normalized spacial score (nSPS) is 16.5. The number of aromatic hydroxyl groups is 1. The molecule has 3 heterocycles. The number of aromatic nitrogens is 6. The Morgan fingerprint density at radius 2 is 2.00 bits per heavy atom. The van der Waals surface area contributed by atoms with E-state index in [4.69, 9.17) is 4.74 Å². The van der Waals surface area contributed by atoms with E-state index in [0.717, 1.165) is 19.3 Å². The Kier molecular flexibility index (Phi) is 4.91. The maximum absolute atomic E-state index is 12.2. The first-order valence-electron chi connectivity index (χ1n) is 8.90. The van der Waals surface area contributed by atoms with Gasteiger partial charge in [0.2, 0.25) is 11.7 Å². The van der Waals surface area contributed by atoms with Gasteiger partial charge in [-0.15, -0.1) is 15.0 Å². The zero-order chi connectivity index (χ0) is 20.4. The van der Waals surface area contributed by atoms with E-state index in [2.05, 4.69) is 20.7 Å². The third-order valence-electron chi connectivity index (χ3n) is 4.39. The Hall–Kier alpha value is -3.80. The Labute approximate surface area is 162 Å². The van der Waals surface area contributed by atoms with Crippen molar-refractivity contribution in [1.29, 1.82) is 0 Å². The highest BCUT2D eigenvalue weighted by Gasteiger charge is 2.20. The van der Waals surface area contributed by atoms with E-state index in [0.29, 0.717) is 23.7 Å². The first-order chi connectivity index (χ1) is 14.0. The average Bonchev–Trinajstić information content (AvgIpc) is 3.19. The Balaban J connectivity index is 1.48. The number of rotatable bonds is 4. The topological polar surface area (TPSA) is 168 Å². The summed E-state index contributed by atoms with van der Waals surface area (Å²) < 4.78 is 5.62. The second kappa shape index (κ2) is 7.67. The molecule has 1 amide bonds. The predicted molar refractivity (Wildman–Crippen MR) is 99.4 cm³/mol. The number of hydrogen-bond acceptors (Lipinski definition) is 8. The van der Waals surface area contributed by atoms with Crippen LogP contribution in [0.25, 0.3) is 11.4 Å². The number of H-pyrrole nitrogens is 2. The van der Waals surface area contributed by atoms with Crippen molar-refractivity contribution in [2.45, 2.75) is 25.5 Å². The van der Waals surface area contributed by atoms with Crippen molar-refractivity contribution in [3.8, 4) is 17.3 Å². The van der Waals surface area contributed by atoms with Crippen LogP contribution < -0.4 is 16.6 Å². The van der Waals surface area contributed by atoms with Gasteiger partial charge in [-0.05, 0) is 48.7 Å². The molecule has 150 valence electrons. The number of benzene rings is 1. The molecule has 1 unspecified atom stereocenters. The van der Waals surface area contributed by atoms with Crippen LogP contribution in [-0.2, 0) is 4.74 Å². The molecule has 1 aliphatic rings. The summed E-state index contributed by atoms with van der Waals surface area (Å²) in [6.45, 7) is 0.670. The monoisotopic (exact) mass is 399 g/mol. The summed E-state index contributed by atoms with van der Waals surface area (Å²) >= 11 is 0. The number of carbonyl (C=O) groups is 1. The second-order valence-corrected chi connectivity index (χ2v) is 6.42. The summed E-state index contributed by atoms with van der Waals surface area (Å²) in [6.07, 6.45) is 2.68. The number of amides is 1. The van der Waals surface area contributed by atoms with E-state index in [-0.39, 0.29) is 6.23 Å². The molecule has 1 atom stereocenters. The molecule has 0 aliphatic carbocycles. The number of hydrogen-bond donors (Lipinski definition) is 4. The van der Waals surface area contributed by atoms with Gasteiger partial charge in [-0.1, -0.05) is 0 Å². The van der Waals surface area contributed by atoms with Crippen molar-refractivity contribution in [3.05, 3.63) is 50.7 Å². The van der Waals surface area contributed by atoms with Gasteiger partial charge in [0.1, 0.15) is 0 Å². The average molecular weight is 399 g/mol. The molecule has 12 heteroatoms. The second-order valence-electron chi connectivity index (χ2n) is 6.42. The van der Waals surface area contributed by atoms with Gasteiger partial charge in [-0.2, -0.15) is 0 Å². The van der Waals surface area contributed by atoms with Crippen molar-refractivity contribution in [1.82, 2.24) is 30.2 Å². The highest BCUT2D eigenvalue weighted by molar-refractivity contribution is 6.05. The fraction of sp³-hybridized carbons (Fsp3) is 0.294. The minimum atomic E-state index is -0.994. The zero-order valence-electron chi connectivity index (χ0n) is 15.1. The smallest absolute Gasteiger partial charge is 0.328 e. The molecule has 0 bridgehead atoms. The number of anilines is 1. The van der Waals surface area contributed by atoms with Gasteiger partial charge in [0.15, 0.2) is 11.8 Å². The molecular formula is C17H17N7O5. The molecule has 29 heavy (non-hydrogen) atoms. The van der Waals surface area contributed by atoms with Gasteiger partial charge in [-0.3, -0.25) is 19.6 Å². The summed E-state index contributed by atoms with van der Waals surface area (Å²) in [5.74, 6) is -1.27. The summed E-state index contributed by atoms with van der Waals surface area (Å²) in [6, 6.07) is 6.52. The van der Waals surface area contributed by atoms with Gasteiger partial charge in [0.05, 0.1) is 0 Å². The molecule has 1 aliphatic heterocycles. The molecule has 0 saturated carbocycles. The highest BCUT2D eigenvalue weighted by Crippen LogP contribution is 2.23. The van der Waals surface area contributed by atoms with E-state index in [1.165, 1.54) is 4.80 Å². The number of tetrazole rings is 1. The van der Waals surface area contributed by atoms with Crippen molar-refractivity contribution >= 4 is 11.6 Å². The fourth-order valence-electron chi connectivity index (χ4n) is 2.95. The van der Waals surface area contributed by atoms with E-state index in [1.807, 2.05) is 9.97 Å². The van der Waals surface area contributed by atoms with Crippen LogP contribution in [0.2, 0.25) is 0 Å². The van der Waals surface area contributed by atoms with E-state index < -0.39 is 28.6 Å². The molecule has 4 N–H and O–H groups in total. The number of aromatic amines is 2. The Morgan fingerprint density at radius 3 is 2.69 bits per heavy atom. The van der Waals surface area contributed by atoms with Crippen LogP contribution in [0.4, 0.5) is 5.69 Å². The van der Waals surface area contributed by atoms with Crippen LogP contribution in [0.3, 0.4) is 0 Å². The van der Waals surface area contributed by atoms with Crippen LogP contribution in [0.15, 0.2) is 33.9 Å². The highest BCUT2D eigenvalue weighted by atomic mass is 16.5. The maximum Gasteiger partial charge on any atom is 0.328 e. The van der Waals surface area contributed by atoms with Gasteiger partial charge in [0.25, 0.3) is 11.5 Å². The molecule has 3 aromatic rings. The zero-order valence-corrected chi connectivity index (χ0v) is 15.1. The van der Waals surface area contributed by atoms with Crippen LogP contribution in [0.1, 0.15) is 35.8 Å². The molecule has 1 saturated heterocycles. The first-order valence-corrected chi connectivity index (χ1v) is 8.90. The van der Waals surface area contributed by atoms with Crippen LogP contribution in [0, 0.1) is 0 Å². The van der Waals surface area contributed by atoms with Gasteiger partial charge in [0, 0.05) is 17.9 Å². The third kappa shape index (κ3) is 3.91. The molecule has 4 rings (SSSR count). The van der Waals surface area contributed by atoms with Crippen molar-refractivity contribution < 1.29 is 14.6 Å². The van der Waals surface area contributed by atoms with Crippen LogP contribution in [-0.4, -0.2) is 47.8 Å². The summed E-state index contributed by atoms with van der Waals surface area (Å²) in [5, 5.41) is 24.5. The predicted octanol–water partition coefficient (Wildman–Crippen LogP) is 0.374. The van der Waals surface area contributed by atoms with Crippen LogP contribution in [0.5, 0.6) is 5.88 Å². The maximum atomic E-state index is 12.2. The van der Waals surface area contributed by atoms with Gasteiger partial charge < -0.3 is 15.2 Å². The van der Waals surface area contributed by atoms with E-state index >= 15 is 0 Å². The molecule has 12 nitrogen and oxygen atoms in total. The van der Waals surface area contributed by atoms with Crippen molar-refractivity contribution in [3.63, 3.8) is 0 Å².